The van der Waals surface area contributed by atoms with Crippen LogP contribution in [0.5, 0.6) is 0 Å². The third kappa shape index (κ3) is 5.37. The Hall–Kier alpha value is -7.63. The van der Waals surface area contributed by atoms with Crippen molar-refractivity contribution in [3.63, 3.8) is 0 Å². The first kappa shape index (κ1) is 31.9. The van der Waals surface area contributed by atoms with Crippen LogP contribution in [0.3, 0.4) is 0 Å². The second-order valence-electron chi connectivity index (χ2n) is 13.9. The maximum atomic E-state index is 6.63. The molecule has 0 fully saturated rings. The minimum absolute atomic E-state index is 0.580. The number of furan rings is 2. The highest BCUT2D eigenvalue weighted by atomic mass is 16.3. The first-order valence-corrected chi connectivity index (χ1v) is 18.7. The molecule has 3 heterocycles. The summed E-state index contributed by atoms with van der Waals surface area (Å²) in [6.45, 7) is 0. The molecule has 56 heavy (non-hydrogen) atoms. The van der Waals surface area contributed by atoms with Gasteiger partial charge in [0.2, 0.25) is 0 Å². The zero-order chi connectivity index (χ0) is 37.0. The molecule has 0 atom stereocenters. The van der Waals surface area contributed by atoms with Crippen molar-refractivity contribution in [3.05, 3.63) is 188 Å². The van der Waals surface area contributed by atoms with E-state index in [0.717, 1.165) is 93.9 Å². The highest BCUT2D eigenvalue weighted by Gasteiger charge is 2.21. The van der Waals surface area contributed by atoms with Crippen molar-refractivity contribution < 1.29 is 8.83 Å². The lowest BCUT2D eigenvalue weighted by atomic mass is 9.94. The van der Waals surface area contributed by atoms with Gasteiger partial charge in [-0.25, -0.2) is 15.0 Å². The molecule has 262 valence electrons. The molecule has 0 saturated heterocycles. The molecule has 5 heteroatoms. The average molecular weight is 718 g/mol. The van der Waals surface area contributed by atoms with E-state index in [1.807, 2.05) is 66.7 Å². The molecular formula is C51H31N3O2. The Morgan fingerprint density at radius 2 is 0.875 bits per heavy atom. The van der Waals surface area contributed by atoms with Crippen LogP contribution in [0.4, 0.5) is 0 Å². The third-order valence-electron chi connectivity index (χ3n) is 10.6. The van der Waals surface area contributed by atoms with E-state index < -0.39 is 0 Å². The minimum Gasteiger partial charge on any atom is -0.456 e. The normalized spacial score (nSPS) is 11.6. The van der Waals surface area contributed by atoms with Crippen molar-refractivity contribution in [2.75, 3.05) is 0 Å². The summed E-state index contributed by atoms with van der Waals surface area (Å²) < 4.78 is 13.3. The summed E-state index contributed by atoms with van der Waals surface area (Å²) >= 11 is 0. The maximum Gasteiger partial charge on any atom is 0.164 e. The molecule has 11 aromatic rings. The van der Waals surface area contributed by atoms with Crippen LogP contribution >= 0.6 is 0 Å². The molecule has 0 aliphatic heterocycles. The van der Waals surface area contributed by atoms with Gasteiger partial charge >= 0.3 is 0 Å². The topological polar surface area (TPSA) is 65.0 Å². The molecule has 0 unspecified atom stereocenters. The zero-order valence-electron chi connectivity index (χ0n) is 30.1. The number of rotatable bonds is 6. The van der Waals surface area contributed by atoms with Gasteiger partial charge in [0.05, 0.1) is 0 Å². The Morgan fingerprint density at radius 3 is 1.68 bits per heavy atom. The number of hydrogen-bond donors (Lipinski definition) is 0. The van der Waals surface area contributed by atoms with Crippen LogP contribution in [0.15, 0.2) is 197 Å². The molecule has 3 aromatic heterocycles. The molecule has 0 aliphatic carbocycles. The fraction of sp³-hybridized carbons (Fsp3) is 0. The number of benzene rings is 8. The van der Waals surface area contributed by atoms with Crippen LogP contribution in [-0.4, -0.2) is 15.0 Å². The Balaban J connectivity index is 1.07. The van der Waals surface area contributed by atoms with Crippen molar-refractivity contribution in [1.29, 1.82) is 0 Å². The summed E-state index contributed by atoms with van der Waals surface area (Å²) in [5, 5.41) is 4.13. The van der Waals surface area contributed by atoms with Gasteiger partial charge in [0.25, 0.3) is 0 Å². The molecule has 0 N–H and O–H groups in total. The fourth-order valence-electron chi connectivity index (χ4n) is 7.90. The highest BCUT2D eigenvalue weighted by Crippen LogP contribution is 2.44. The van der Waals surface area contributed by atoms with Crippen LogP contribution in [0.1, 0.15) is 0 Å². The van der Waals surface area contributed by atoms with Gasteiger partial charge in [-0.3, -0.25) is 0 Å². The van der Waals surface area contributed by atoms with E-state index in [4.69, 9.17) is 23.8 Å². The number of hydrogen-bond acceptors (Lipinski definition) is 5. The van der Waals surface area contributed by atoms with E-state index >= 15 is 0 Å². The molecule has 5 nitrogen and oxygen atoms in total. The quantitative estimate of drug-likeness (QED) is 0.171. The molecule has 8 aromatic carbocycles. The van der Waals surface area contributed by atoms with E-state index in [-0.39, 0.29) is 0 Å². The number of fused-ring (bicyclic) bond motifs is 6. The smallest absolute Gasteiger partial charge is 0.164 e. The predicted octanol–water partition coefficient (Wildman–Crippen LogP) is 13.7. The van der Waals surface area contributed by atoms with Gasteiger partial charge in [-0.05, 0) is 64.2 Å². The van der Waals surface area contributed by atoms with Gasteiger partial charge in [0, 0.05) is 43.8 Å². The molecular weight excluding hydrogens is 687 g/mol. The Labute approximate surface area is 322 Å². The summed E-state index contributed by atoms with van der Waals surface area (Å²) in [5.74, 6) is 1.79. The van der Waals surface area contributed by atoms with Crippen molar-refractivity contribution in [2.24, 2.45) is 0 Å². The molecule has 0 saturated carbocycles. The SMILES string of the molecule is c1ccc(-c2cccc(-c3nc(-c4ccccc4)nc(-c4cccc5oc6cc(-c7ccc(-c8ccccc8)c8c7oc7ccccc78)ccc6c45)n3)c2)cc1. The highest BCUT2D eigenvalue weighted by molar-refractivity contribution is 6.17. The molecule has 11 rings (SSSR count). The molecule has 0 spiro atoms. The van der Waals surface area contributed by atoms with Gasteiger partial charge in [0.1, 0.15) is 22.3 Å². The van der Waals surface area contributed by atoms with E-state index in [9.17, 15) is 0 Å². The Morgan fingerprint density at radius 1 is 0.286 bits per heavy atom. The van der Waals surface area contributed by atoms with E-state index in [0.29, 0.717) is 17.5 Å². The van der Waals surface area contributed by atoms with Crippen LogP contribution in [0.25, 0.3) is 111 Å². The summed E-state index contributed by atoms with van der Waals surface area (Å²) in [6.07, 6.45) is 0. The molecule has 0 radical (unpaired) electrons. The van der Waals surface area contributed by atoms with Crippen LogP contribution in [0.2, 0.25) is 0 Å². The van der Waals surface area contributed by atoms with E-state index in [2.05, 4.69) is 121 Å². The van der Waals surface area contributed by atoms with Crippen LogP contribution in [0, 0.1) is 0 Å². The van der Waals surface area contributed by atoms with E-state index in [1.54, 1.807) is 0 Å². The lowest BCUT2D eigenvalue weighted by Crippen LogP contribution is -2.00. The maximum absolute atomic E-state index is 6.63. The fourth-order valence-corrected chi connectivity index (χ4v) is 7.90. The standard InChI is InChI=1S/C51H31N3O2/c1-4-14-32(15-5-1)35-20-12-21-37(30-35)50-52-49(34-18-8-3-9-19-34)53-51(54-50)42-23-13-25-44-46(42)41-27-26-36(31-45(41)55-44)39-29-28-38(33-16-6-2-7-17-33)47-40-22-10-11-24-43(40)56-48(39)47/h1-31H. The summed E-state index contributed by atoms with van der Waals surface area (Å²) in [5.41, 5.74) is 12.5. The lowest BCUT2D eigenvalue weighted by Gasteiger charge is -2.10. The van der Waals surface area contributed by atoms with Gasteiger partial charge in [-0.15, -0.1) is 0 Å². The van der Waals surface area contributed by atoms with Gasteiger partial charge in [-0.2, -0.15) is 0 Å². The third-order valence-corrected chi connectivity index (χ3v) is 10.6. The second-order valence-corrected chi connectivity index (χ2v) is 13.9. The largest absolute Gasteiger partial charge is 0.456 e. The number of nitrogens with zero attached hydrogens (tertiary/aromatic N) is 3. The minimum atomic E-state index is 0.580. The lowest BCUT2D eigenvalue weighted by molar-refractivity contribution is 0.668. The van der Waals surface area contributed by atoms with Crippen LogP contribution in [-0.2, 0) is 0 Å². The first-order valence-electron chi connectivity index (χ1n) is 18.7. The average Bonchev–Trinajstić information content (AvgIpc) is 3.86. The molecule has 0 bridgehead atoms. The second kappa shape index (κ2) is 13.0. The summed E-state index contributed by atoms with van der Waals surface area (Å²) in [7, 11) is 0. The van der Waals surface area contributed by atoms with E-state index in [1.165, 1.54) is 0 Å². The van der Waals surface area contributed by atoms with Crippen molar-refractivity contribution in [3.8, 4) is 67.5 Å². The molecule has 0 amide bonds. The zero-order valence-corrected chi connectivity index (χ0v) is 30.1. The predicted molar refractivity (Wildman–Crippen MR) is 227 cm³/mol. The Bertz CT molecular complexity index is 3240. The Kier molecular flexibility index (Phi) is 7.42. The number of para-hydroxylation sites is 1. The first-order chi connectivity index (χ1) is 27.7. The van der Waals surface area contributed by atoms with Gasteiger partial charge in [0.15, 0.2) is 17.5 Å². The monoisotopic (exact) mass is 717 g/mol. The van der Waals surface area contributed by atoms with Crippen molar-refractivity contribution >= 4 is 43.9 Å². The van der Waals surface area contributed by atoms with Gasteiger partial charge in [-0.1, -0.05) is 152 Å². The van der Waals surface area contributed by atoms with Crippen molar-refractivity contribution in [2.45, 2.75) is 0 Å². The van der Waals surface area contributed by atoms with Crippen LogP contribution < -0.4 is 0 Å². The summed E-state index contributed by atoms with van der Waals surface area (Å²) in [4.78, 5) is 15.3. The number of aromatic nitrogens is 3. The molecule has 0 aliphatic rings. The van der Waals surface area contributed by atoms with Gasteiger partial charge < -0.3 is 8.83 Å². The summed E-state index contributed by atoms with van der Waals surface area (Å²) in [6, 6.07) is 64.4. The van der Waals surface area contributed by atoms with Crippen molar-refractivity contribution in [1.82, 2.24) is 15.0 Å².